The van der Waals surface area contributed by atoms with E-state index in [0.717, 1.165) is 24.1 Å². The highest BCUT2D eigenvalue weighted by Gasteiger charge is 2.37. The van der Waals surface area contributed by atoms with Gasteiger partial charge in [0.25, 0.3) is 0 Å². The molecule has 1 aliphatic heterocycles. The lowest BCUT2D eigenvalue weighted by molar-refractivity contribution is -0.142. The minimum atomic E-state index is -0.790. The molecule has 0 amide bonds. The molecule has 2 aromatic carbocycles. The van der Waals surface area contributed by atoms with Crippen molar-refractivity contribution in [3.05, 3.63) is 69.7 Å². The second kappa shape index (κ2) is 6.91. The summed E-state index contributed by atoms with van der Waals surface area (Å²) >= 11 is 12.6. The Bertz CT molecular complexity index is 705. The molecule has 3 nitrogen and oxygen atoms in total. The molecule has 1 heterocycles. The molecule has 1 aliphatic rings. The molecule has 2 atom stereocenters. The van der Waals surface area contributed by atoms with E-state index in [4.69, 9.17) is 23.2 Å². The van der Waals surface area contributed by atoms with Gasteiger partial charge in [-0.15, -0.1) is 0 Å². The van der Waals surface area contributed by atoms with Gasteiger partial charge in [0.2, 0.25) is 0 Å². The largest absolute Gasteiger partial charge is 0.480 e. The van der Waals surface area contributed by atoms with E-state index in [2.05, 4.69) is 0 Å². The highest BCUT2D eigenvalue weighted by atomic mass is 35.5. The van der Waals surface area contributed by atoms with E-state index in [9.17, 15) is 9.90 Å². The number of nitrogens with zero attached hydrogens (tertiary/aromatic N) is 1. The van der Waals surface area contributed by atoms with Crippen LogP contribution in [0.3, 0.4) is 0 Å². The van der Waals surface area contributed by atoms with Crippen molar-refractivity contribution in [3.63, 3.8) is 0 Å². The molecule has 3 rings (SSSR count). The monoisotopic (exact) mass is 349 g/mol. The van der Waals surface area contributed by atoms with Crippen LogP contribution < -0.4 is 0 Å². The summed E-state index contributed by atoms with van der Waals surface area (Å²) in [5.41, 5.74) is 1.86. The molecule has 0 aromatic heterocycles. The summed E-state index contributed by atoms with van der Waals surface area (Å²) in [5.74, 6) is -0.790. The first-order valence-electron chi connectivity index (χ1n) is 7.57. The molecule has 1 saturated heterocycles. The van der Waals surface area contributed by atoms with E-state index in [0.29, 0.717) is 16.5 Å². The standard InChI is InChI=1S/C18H17Cl2NO2/c19-14-9-4-8-13(16(14)20)17(12-6-2-1-3-7-12)21-11-5-10-15(21)18(22)23/h1-4,6-9,15,17H,5,10-11H2,(H,22,23). The Hall–Kier alpha value is -1.55. The molecule has 0 bridgehead atoms. The molecule has 1 N–H and O–H groups in total. The normalized spacial score (nSPS) is 19.7. The van der Waals surface area contributed by atoms with Gasteiger partial charge in [-0.2, -0.15) is 0 Å². The van der Waals surface area contributed by atoms with E-state index < -0.39 is 12.0 Å². The highest BCUT2D eigenvalue weighted by Crippen LogP contribution is 2.39. The number of likely N-dealkylation sites (tertiary alicyclic amines) is 1. The van der Waals surface area contributed by atoms with Crippen molar-refractivity contribution in [2.45, 2.75) is 24.9 Å². The molecular formula is C18H17Cl2NO2. The first kappa shape index (κ1) is 16.3. The van der Waals surface area contributed by atoms with E-state index in [1.807, 2.05) is 47.4 Å². The zero-order chi connectivity index (χ0) is 16.4. The number of carboxylic acids is 1. The fraction of sp³-hybridized carbons (Fsp3) is 0.278. The quantitative estimate of drug-likeness (QED) is 0.874. The van der Waals surface area contributed by atoms with Gasteiger partial charge in [0.15, 0.2) is 0 Å². The second-order valence-electron chi connectivity index (χ2n) is 5.69. The summed E-state index contributed by atoms with van der Waals surface area (Å²) in [6, 6.07) is 14.6. The number of aliphatic carboxylic acids is 1. The Morgan fingerprint density at radius 3 is 2.57 bits per heavy atom. The third-order valence-electron chi connectivity index (χ3n) is 4.30. The van der Waals surface area contributed by atoms with Crippen molar-refractivity contribution in [3.8, 4) is 0 Å². The van der Waals surface area contributed by atoms with Gasteiger partial charge < -0.3 is 5.11 Å². The topological polar surface area (TPSA) is 40.5 Å². The molecule has 0 radical (unpaired) electrons. The Morgan fingerprint density at radius 1 is 1.13 bits per heavy atom. The lowest BCUT2D eigenvalue weighted by atomic mass is 9.96. The summed E-state index contributed by atoms with van der Waals surface area (Å²) in [4.78, 5) is 13.6. The SMILES string of the molecule is O=C(O)C1CCCN1C(c1ccccc1)c1cccc(Cl)c1Cl. The predicted molar refractivity (Wildman–Crippen MR) is 92.1 cm³/mol. The number of halogens is 2. The first-order valence-corrected chi connectivity index (χ1v) is 8.32. The highest BCUT2D eigenvalue weighted by molar-refractivity contribution is 6.42. The minimum Gasteiger partial charge on any atom is -0.480 e. The molecular weight excluding hydrogens is 333 g/mol. The van der Waals surface area contributed by atoms with Crippen molar-refractivity contribution >= 4 is 29.2 Å². The zero-order valence-electron chi connectivity index (χ0n) is 12.5. The van der Waals surface area contributed by atoms with Crippen molar-refractivity contribution < 1.29 is 9.90 Å². The van der Waals surface area contributed by atoms with Crippen LogP contribution in [0, 0.1) is 0 Å². The molecule has 120 valence electrons. The summed E-state index contributed by atoms with van der Waals surface area (Å²) < 4.78 is 0. The van der Waals surface area contributed by atoms with E-state index >= 15 is 0 Å². The van der Waals surface area contributed by atoms with Crippen LogP contribution in [-0.2, 0) is 4.79 Å². The average molecular weight is 350 g/mol. The average Bonchev–Trinajstić information content (AvgIpc) is 3.02. The van der Waals surface area contributed by atoms with Gasteiger partial charge in [0.1, 0.15) is 6.04 Å². The summed E-state index contributed by atoms with van der Waals surface area (Å²) in [6.07, 6.45) is 1.51. The maximum Gasteiger partial charge on any atom is 0.320 e. The van der Waals surface area contributed by atoms with Crippen LogP contribution in [0.25, 0.3) is 0 Å². The van der Waals surface area contributed by atoms with E-state index in [1.165, 1.54) is 0 Å². The lowest BCUT2D eigenvalue weighted by Gasteiger charge is -2.32. The fourth-order valence-electron chi connectivity index (χ4n) is 3.28. The Kier molecular flexibility index (Phi) is 4.90. The van der Waals surface area contributed by atoms with Gasteiger partial charge >= 0.3 is 5.97 Å². The van der Waals surface area contributed by atoms with Crippen LogP contribution in [0.4, 0.5) is 0 Å². The van der Waals surface area contributed by atoms with Gasteiger partial charge in [-0.3, -0.25) is 9.69 Å². The van der Waals surface area contributed by atoms with E-state index in [1.54, 1.807) is 6.07 Å². The number of hydrogen-bond acceptors (Lipinski definition) is 2. The third-order valence-corrected chi connectivity index (χ3v) is 5.14. The Morgan fingerprint density at radius 2 is 1.87 bits per heavy atom. The maximum absolute atomic E-state index is 11.6. The number of benzene rings is 2. The molecule has 5 heteroatoms. The Labute approximate surface area is 145 Å². The fourth-order valence-corrected chi connectivity index (χ4v) is 3.69. The van der Waals surface area contributed by atoms with Crippen LogP contribution in [0.1, 0.15) is 30.0 Å². The van der Waals surface area contributed by atoms with Crippen molar-refractivity contribution in [1.29, 1.82) is 0 Å². The minimum absolute atomic E-state index is 0.217. The van der Waals surface area contributed by atoms with Gasteiger partial charge in [0, 0.05) is 6.54 Å². The number of carboxylic acid groups (broad SMARTS) is 1. The zero-order valence-corrected chi connectivity index (χ0v) is 14.0. The van der Waals surface area contributed by atoms with Crippen LogP contribution in [0.5, 0.6) is 0 Å². The van der Waals surface area contributed by atoms with Crippen LogP contribution >= 0.6 is 23.2 Å². The maximum atomic E-state index is 11.6. The van der Waals surface area contributed by atoms with E-state index in [-0.39, 0.29) is 6.04 Å². The second-order valence-corrected chi connectivity index (χ2v) is 6.48. The molecule has 2 aromatic rings. The van der Waals surface area contributed by atoms with Gasteiger partial charge in [-0.05, 0) is 30.0 Å². The van der Waals surface area contributed by atoms with Crippen LogP contribution in [0.15, 0.2) is 48.5 Å². The molecule has 1 fully saturated rings. The van der Waals surface area contributed by atoms with Crippen molar-refractivity contribution in [2.24, 2.45) is 0 Å². The number of rotatable bonds is 4. The number of carbonyl (C=O) groups is 1. The molecule has 0 aliphatic carbocycles. The molecule has 0 spiro atoms. The summed E-state index contributed by atoms with van der Waals surface area (Å²) in [5, 5.41) is 10.5. The van der Waals surface area contributed by atoms with Crippen LogP contribution in [-0.4, -0.2) is 28.6 Å². The lowest BCUT2D eigenvalue weighted by Crippen LogP contribution is -2.39. The van der Waals surface area contributed by atoms with Gasteiger partial charge in [-0.1, -0.05) is 65.7 Å². The van der Waals surface area contributed by atoms with Crippen molar-refractivity contribution in [2.75, 3.05) is 6.54 Å². The van der Waals surface area contributed by atoms with Gasteiger partial charge in [-0.25, -0.2) is 0 Å². The predicted octanol–water partition coefficient (Wildman–Crippen LogP) is 4.63. The van der Waals surface area contributed by atoms with Gasteiger partial charge in [0.05, 0.1) is 16.1 Å². The van der Waals surface area contributed by atoms with Crippen molar-refractivity contribution in [1.82, 2.24) is 4.90 Å². The smallest absolute Gasteiger partial charge is 0.320 e. The molecule has 0 saturated carbocycles. The first-order chi connectivity index (χ1) is 11.1. The Balaban J connectivity index is 2.11. The van der Waals surface area contributed by atoms with Crippen LogP contribution in [0.2, 0.25) is 10.0 Å². The molecule has 23 heavy (non-hydrogen) atoms. The number of hydrogen-bond donors (Lipinski definition) is 1. The summed E-state index contributed by atoms with van der Waals surface area (Å²) in [7, 11) is 0. The summed E-state index contributed by atoms with van der Waals surface area (Å²) in [6.45, 7) is 0.722. The third kappa shape index (κ3) is 3.23. The molecule has 2 unspecified atom stereocenters.